The standard InChI is InChI=1S/C10H21N/c1-4-11-8-5-6-10(2,3)7-9-11/h4-9H2,1-3H3. The lowest BCUT2D eigenvalue weighted by Gasteiger charge is -2.22. The molecule has 0 unspecified atom stereocenters. The van der Waals surface area contributed by atoms with Crippen LogP contribution >= 0.6 is 0 Å². The Morgan fingerprint density at radius 3 is 2.55 bits per heavy atom. The van der Waals surface area contributed by atoms with E-state index < -0.39 is 0 Å². The lowest BCUT2D eigenvalue weighted by atomic mass is 9.85. The largest absolute Gasteiger partial charge is 0.304 e. The number of nitrogens with zero attached hydrogens (tertiary/aromatic N) is 1. The lowest BCUT2D eigenvalue weighted by molar-refractivity contribution is 0.272. The van der Waals surface area contributed by atoms with Crippen LogP contribution in [-0.2, 0) is 0 Å². The van der Waals surface area contributed by atoms with Crippen LogP contribution in [0.1, 0.15) is 40.0 Å². The summed E-state index contributed by atoms with van der Waals surface area (Å²) in [6, 6.07) is 0. The van der Waals surface area contributed by atoms with Gasteiger partial charge in [0.1, 0.15) is 0 Å². The Morgan fingerprint density at radius 2 is 1.91 bits per heavy atom. The predicted octanol–water partition coefficient (Wildman–Crippen LogP) is 2.52. The zero-order valence-electron chi connectivity index (χ0n) is 8.19. The van der Waals surface area contributed by atoms with Gasteiger partial charge >= 0.3 is 0 Å². The molecular formula is C10H21N. The van der Waals surface area contributed by atoms with Gasteiger partial charge in [0.2, 0.25) is 0 Å². The zero-order valence-corrected chi connectivity index (χ0v) is 8.19. The van der Waals surface area contributed by atoms with E-state index >= 15 is 0 Å². The minimum atomic E-state index is 0.601. The van der Waals surface area contributed by atoms with Gasteiger partial charge in [-0.05, 0) is 44.3 Å². The Kier molecular flexibility index (Phi) is 2.94. The van der Waals surface area contributed by atoms with Crippen LogP contribution < -0.4 is 0 Å². The van der Waals surface area contributed by atoms with Crippen LogP contribution in [0.5, 0.6) is 0 Å². The first-order valence-corrected chi connectivity index (χ1v) is 4.86. The number of rotatable bonds is 1. The highest BCUT2D eigenvalue weighted by Crippen LogP contribution is 2.29. The highest BCUT2D eigenvalue weighted by atomic mass is 15.1. The molecule has 1 aliphatic heterocycles. The quantitative estimate of drug-likeness (QED) is 0.562. The predicted molar refractivity (Wildman–Crippen MR) is 49.7 cm³/mol. The second kappa shape index (κ2) is 3.57. The van der Waals surface area contributed by atoms with Gasteiger partial charge in [-0.25, -0.2) is 0 Å². The van der Waals surface area contributed by atoms with E-state index in [2.05, 4.69) is 25.7 Å². The maximum Gasteiger partial charge on any atom is -0.00138 e. The van der Waals surface area contributed by atoms with Crippen molar-refractivity contribution in [3.63, 3.8) is 0 Å². The van der Waals surface area contributed by atoms with Crippen molar-refractivity contribution >= 4 is 0 Å². The minimum absolute atomic E-state index is 0.601. The molecule has 0 atom stereocenters. The van der Waals surface area contributed by atoms with E-state index in [4.69, 9.17) is 0 Å². The van der Waals surface area contributed by atoms with Crippen LogP contribution in [0.2, 0.25) is 0 Å². The van der Waals surface area contributed by atoms with Gasteiger partial charge in [0.25, 0.3) is 0 Å². The molecule has 0 bridgehead atoms. The maximum atomic E-state index is 2.56. The Morgan fingerprint density at radius 1 is 1.18 bits per heavy atom. The normalized spacial score (nSPS) is 26.5. The molecule has 1 rings (SSSR count). The van der Waals surface area contributed by atoms with E-state index in [-0.39, 0.29) is 0 Å². The van der Waals surface area contributed by atoms with E-state index in [1.54, 1.807) is 0 Å². The van der Waals surface area contributed by atoms with Crippen molar-refractivity contribution in [1.29, 1.82) is 0 Å². The van der Waals surface area contributed by atoms with Crippen LogP contribution in [-0.4, -0.2) is 24.5 Å². The fourth-order valence-corrected chi connectivity index (χ4v) is 1.80. The number of hydrogen-bond donors (Lipinski definition) is 0. The van der Waals surface area contributed by atoms with Crippen molar-refractivity contribution in [2.45, 2.75) is 40.0 Å². The van der Waals surface area contributed by atoms with Crippen molar-refractivity contribution < 1.29 is 0 Å². The molecule has 1 heteroatoms. The third-order valence-corrected chi connectivity index (χ3v) is 2.88. The summed E-state index contributed by atoms with van der Waals surface area (Å²) in [6.45, 7) is 10.9. The summed E-state index contributed by atoms with van der Waals surface area (Å²) in [4.78, 5) is 2.56. The van der Waals surface area contributed by atoms with Crippen LogP contribution in [0, 0.1) is 5.41 Å². The van der Waals surface area contributed by atoms with E-state index in [0.29, 0.717) is 5.41 Å². The summed E-state index contributed by atoms with van der Waals surface area (Å²) < 4.78 is 0. The van der Waals surface area contributed by atoms with Crippen molar-refractivity contribution in [3.8, 4) is 0 Å². The smallest absolute Gasteiger partial charge is 0.00138 e. The summed E-state index contributed by atoms with van der Waals surface area (Å²) in [5.74, 6) is 0. The maximum absolute atomic E-state index is 2.56. The minimum Gasteiger partial charge on any atom is -0.304 e. The van der Waals surface area contributed by atoms with Gasteiger partial charge in [0.05, 0.1) is 0 Å². The average Bonchev–Trinajstić information content (AvgIpc) is 2.10. The topological polar surface area (TPSA) is 3.24 Å². The van der Waals surface area contributed by atoms with E-state index in [1.807, 2.05) is 0 Å². The van der Waals surface area contributed by atoms with Gasteiger partial charge in [0.15, 0.2) is 0 Å². The molecule has 0 radical (unpaired) electrons. The molecule has 0 aliphatic carbocycles. The molecule has 1 aliphatic rings. The summed E-state index contributed by atoms with van der Waals surface area (Å²) in [6.07, 6.45) is 4.17. The molecule has 1 heterocycles. The highest BCUT2D eigenvalue weighted by Gasteiger charge is 2.21. The van der Waals surface area contributed by atoms with Gasteiger partial charge < -0.3 is 4.90 Å². The van der Waals surface area contributed by atoms with Gasteiger partial charge in [-0.1, -0.05) is 20.8 Å². The van der Waals surface area contributed by atoms with Crippen molar-refractivity contribution in [2.24, 2.45) is 5.41 Å². The molecule has 0 aromatic heterocycles. The second-order valence-electron chi connectivity index (χ2n) is 4.45. The molecule has 1 saturated heterocycles. The van der Waals surface area contributed by atoms with Gasteiger partial charge in [-0.2, -0.15) is 0 Å². The first kappa shape index (κ1) is 9.05. The molecular weight excluding hydrogens is 134 g/mol. The lowest BCUT2D eigenvalue weighted by Crippen LogP contribution is -2.24. The van der Waals surface area contributed by atoms with Gasteiger partial charge in [0, 0.05) is 0 Å². The summed E-state index contributed by atoms with van der Waals surface area (Å²) >= 11 is 0. The Hall–Kier alpha value is -0.0400. The van der Waals surface area contributed by atoms with E-state index in [1.165, 1.54) is 38.9 Å². The van der Waals surface area contributed by atoms with Crippen LogP contribution in [0.3, 0.4) is 0 Å². The fourth-order valence-electron chi connectivity index (χ4n) is 1.80. The van der Waals surface area contributed by atoms with Crippen molar-refractivity contribution in [1.82, 2.24) is 4.90 Å². The molecule has 0 saturated carbocycles. The van der Waals surface area contributed by atoms with Crippen molar-refractivity contribution in [2.75, 3.05) is 19.6 Å². The molecule has 0 spiro atoms. The third kappa shape index (κ3) is 2.82. The summed E-state index contributed by atoms with van der Waals surface area (Å²) in [5, 5.41) is 0. The van der Waals surface area contributed by atoms with Crippen LogP contribution in [0.25, 0.3) is 0 Å². The van der Waals surface area contributed by atoms with E-state index in [0.717, 1.165) is 0 Å². The summed E-state index contributed by atoms with van der Waals surface area (Å²) in [5.41, 5.74) is 0.601. The molecule has 0 amide bonds. The zero-order chi connectivity index (χ0) is 8.32. The van der Waals surface area contributed by atoms with Crippen LogP contribution in [0.4, 0.5) is 0 Å². The number of hydrogen-bond acceptors (Lipinski definition) is 1. The molecule has 66 valence electrons. The average molecular weight is 155 g/mol. The first-order valence-electron chi connectivity index (χ1n) is 4.86. The SMILES string of the molecule is CCN1CCCC(C)(C)CC1. The van der Waals surface area contributed by atoms with Crippen molar-refractivity contribution in [3.05, 3.63) is 0 Å². The Bertz CT molecular complexity index is 118. The van der Waals surface area contributed by atoms with Gasteiger partial charge in [-0.3, -0.25) is 0 Å². The molecule has 0 aromatic rings. The summed E-state index contributed by atoms with van der Waals surface area (Å²) in [7, 11) is 0. The third-order valence-electron chi connectivity index (χ3n) is 2.88. The Labute approximate surface area is 70.8 Å². The monoisotopic (exact) mass is 155 g/mol. The number of likely N-dealkylation sites (tertiary alicyclic amines) is 1. The molecule has 0 N–H and O–H groups in total. The van der Waals surface area contributed by atoms with Gasteiger partial charge in [-0.15, -0.1) is 0 Å². The molecule has 0 aromatic carbocycles. The highest BCUT2D eigenvalue weighted by molar-refractivity contribution is 4.75. The van der Waals surface area contributed by atoms with Crippen LogP contribution in [0.15, 0.2) is 0 Å². The molecule has 1 fully saturated rings. The Balaban J connectivity index is 2.39. The fraction of sp³-hybridized carbons (Fsp3) is 1.00. The molecule has 1 nitrogen and oxygen atoms in total. The first-order chi connectivity index (χ1) is 5.14. The van der Waals surface area contributed by atoms with E-state index in [9.17, 15) is 0 Å². The second-order valence-corrected chi connectivity index (χ2v) is 4.45. The molecule has 11 heavy (non-hydrogen) atoms.